The molecule has 0 unspecified atom stereocenters. The highest BCUT2D eigenvalue weighted by Crippen LogP contribution is 2.40. The number of benzene rings is 2. The van der Waals surface area contributed by atoms with Crippen molar-refractivity contribution in [3.8, 4) is 17.0 Å². The summed E-state index contributed by atoms with van der Waals surface area (Å²) >= 11 is 3.66. The zero-order chi connectivity index (χ0) is 24.6. The van der Waals surface area contributed by atoms with Gasteiger partial charge >= 0.3 is 0 Å². The first-order chi connectivity index (χ1) is 15.4. The van der Waals surface area contributed by atoms with E-state index in [-0.39, 0.29) is 21.4 Å². The van der Waals surface area contributed by atoms with Crippen LogP contribution in [-0.2, 0) is 4.79 Å². The molecule has 1 heterocycles. The molecular weight excluding hydrogens is 537 g/mol. The summed E-state index contributed by atoms with van der Waals surface area (Å²) in [5.41, 5.74) is -2.33. The number of phenols is 1. The summed E-state index contributed by atoms with van der Waals surface area (Å²) in [6.07, 6.45) is 0. The number of aromatic hydroxyl groups is 1. The van der Waals surface area contributed by atoms with Gasteiger partial charge in [-0.1, -0.05) is 41.1 Å². The van der Waals surface area contributed by atoms with Gasteiger partial charge in [0.1, 0.15) is 16.4 Å². The number of halogens is 6. The molecule has 0 saturated carbocycles. The molecule has 0 bridgehead atoms. The zero-order valence-electron chi connectivity index (χ0n) is 16.7. The summed E-state index contributed by atoms with van der Waals surface area (Å²) in [5.74, 6) is -13.5. The van der Waals surface area contributed by atoms with Crippen molar-refractivity contribution in [1.29, 1.82) is 0 Å². The van der Waals surface area contributed by atoms with Gasteiger partial charge in [-0.15, -0.1) is 0 Å². The lowest BCUT2D eigenvalue weighted by molar-refractivity contribution is -0.118. The van der Waals surface area contributed by atoms with Crippen LogP contribution in [0.3, 0.4) is 0 Å². The monoisotopic (exact) mass is 549 g/mol. The van der Waals surface area contributed by atoms with Gasteiger partial charge in [-0.25, -0.2) is 26.9 Å². The highest BCUT2D eigenvalue weighted by molar-refractivity contribution is 9.10. The molecule has 3 aromatic rings. The van der Waals surface area contributed by atoms with E-state index >= 15 is 0 Å². The van der Waals surface area contributed by atoms with Crippen LogP contribution in [0.15, 0.2) is 22.7 Å². The lowest BCUT2D eigenvalue weighted by Crippen LogP contribution is -2.17. The number of phenolic OH excluding ortho intramolecular Hbond substituents is 1. The van der Waals surface area contributed by atoms with Gasteiger partial charge in [0.15, 0.2) is 28.4 Å². The number of carbonyl (C=O) groups is 2. The van der Waals surface area contributed by atoms with Crippen LogP contribution >= 0.6 is 27.3 Å². The SMILES string of the molecule is CC(C)C(=O)Nc1sc(NC(=O)c2cc(Br)ccc2O)nc1-c1c(F)c(F)c(F)c(F)c1F. The zero-order valence-corrected chi connectivity index (χ0v) is 19.1. The van der Waals surface area contributed by atoms with E-state index in [0.717, 1.165) is 0 Å². The van der Waals surface area contributed by atoms with Gasteiger partial charge in [-0.2, -0.15) is 0 Å². The van der Waals surface area contributed by atoms with Gasteiger partial charge in [0.25, 0.3) is 5.91 Å². The van der Waals surface area contributed by atoms with Crippen molar-refractivity contribution in [1.82, 2.24) is 4.98 Å². The van der Waals surface area contributed by atoms with Gasteiger partial charge in [-0.05, 0) is 18.2 Å². The number of nitrogens with zero attached hydrogens (tertiary/aromatic N) is 1. The number of aromatic nitrogens is 1. The van der Waals surface area contributed by atoms with Crippen LogP contribution in [0.2, 0.25) is 0 Å². The molecule has 33 heavy (non-hydrogen) atoms. The Morgan fingerprint density at radius 3 is 2.15 bits per heavy atom. The van der Waals surface area contributed by atoms with Crippen molar-refractivity contribution >= 4 is 49.2 Å². The van der Waals surface area contributed by atoms with Gasteiger partial charge in [0.05, 0.1) is 11.1 Å². The van der Waals surface area contributed by atoms with Gasteiger partial charge in [0.2, 0.25) is 11.7 Å². The molecule has 0 aliphatic carbocycles. The van der Waals surface area contributed by atoms with E-state index in [1.165, 1.54) is 32.0 Å². The highest BCUT2D eigenvalue weighted by atomic mass is 79.9. The quantitative estimate of drug-likeness (QED) is 0.212. The number of hydrogen-bond acceptors (Lipinski definition) is 5. The van der Waals surface area contributed by atoms with E-state index in [4.69, 9.17) is 0 Å². The molecule has 0 aliphatic rings. The van der Waals surface area contributed by atoms with Crippen LogP contribution in [0, 0.1) is 35.0 Å². The van der Waals surface area contributed by atoms with E-state index in [1.807, 2.05) is 0 Å². The Balaban J connectivity index is 2.12. The number of anilines is 2. The van der Waals surface area contributed by atoms with E-state index in [2.05, 4.69) is 31.5 Å². The fraction of sp³-hybridized carbons (Fsp3) is 0.150. The molecular formula is C20H13BrF5N3O3S. The van der Waals surface area contributed by atoms with Crippen LogP contribution in [0.1, 0.15) is 24.2 Å². The van der Waals surface area contributed by atoms with E-state index in [0.29, 0.717) is 15.8 Å². The molecule has 0 saturated heterocycles. The molecule has 0 spiro atoms. The van der Waals surface area contributed by atoms with E-state index in [1.54, 1.807) is 0 Å². The maximum absolute atomic E-state index is 14.4. The molecule has 3 N–H and O–H groups in total. The molecule has 0 radical (unpaired) electrons. The Bertz CT molecular complexity index is 1250. The molecule has 1 aromatic heterocycles. The number of rotatable bonds is 5. The van der Waals surface area contributed by atoms with Crippen molar-refractivity contribution in [3.05, 3.63) is 57.3 Å². The minimum absolute atomic E-state index is 0.190. The largest absolute Gasteiger partial charge is 0.507 e. The van der Waals surface area contributed by atoms with Gasteiger partial charge in [0, 0.05) is 10.4 Å². The van der Waals surface area contributed by atoms with Crippen molar-refractivity contribution in [3.63, 3.8) is 0 Å². The second-order valence-corrected chi connectivity index (χ2v) is 8.82. The number of nitrogens with one attached hydrogen (secondary N) is 2. The first-order valence-electron chi connectivity index (χ1n) is 9.05. The average molecular weight is 550 g/mol. The number of hydrogen-bond donors (Lipinski definition) is 3. The maximum atomic E-state index is 14.4. The van der Waals surface area contributed by atoms with Crippen LogP contribution < -0.4 is 10.6 Å². The van der Waals surface area contributed by atoms with E-state index in [9.17, 15) is 36.6 Å². The normalized spacial score (nSPS) is 11.1. The van der Waals surface area contributed by atoms with Crippen molar-refractivity contribution in [2.75, 3.05) is 10.6 Å². The van der Waals surface area contributed by atoms with Crippen LogP contribution in [0.25, 0.3) is 11.3 Å². The third kappa shape index (κ3) is 4.83. The summed E-state index contributed by atoms with van der Waals surface area (Å²) < 4.78 is 70.2. The molecule has 0 atom stereocenters. The molecule has 6 nitrogen and oxygen atoms in total. The summed E-state index contributed by atoms with van der Waals surface area (Å²) in [6, 6.07) is 3.98. The topological polar surface area (TPSA) is 91.3 Å². The molecule has 13 heteroatoms. The Kier molecular flexibility index (Phi) is 7.03. The van der Waals surface area contributed by atoms with Crippen molar-refractivity contribution < 1.29 is 36.6 Å². The van der Waals surface area contributed by atoms with Gasteiger partial charge in [-0.3, -0.25) is 14.9 Å². The first-order valence-corrected chi connectivity index (χ1v) is 10.7. The predicted molar refractivity (Wildman–Crippen MR) is 115 cm³/mol. The fourth-order valence-electron chi connectivity index (χ4n) is 2.55. The van der Waals surface area contributed by atoms with Crippen LogP contribution in [0.4, 0.5) is 32.1 Å². The minimum atomic E-state index is -2.35. The Morgan fingerprint density at radius 1 is 1.00 bits per heavy atom. The minimum Gasteiger partial charge on any atom is -0.507 e. The molecule has 3 rings (SSSR count). The Hall–Kier alpha value is -3.06. The summed E-state index contributed by atoms with van der Waals surface area (Å²) in [4.78, 5) is 28.5. The van der Waals surface area contributed by atoms with Crippen LogP contribution in [-0.4, -0.2) is 21.9 Å². The number of amides is 2. The summed E-state index contributed by atoms with van der Waals surface area (Å²) in [6.45, 7) is 3.01. The molecule has 2 amide bonds. The lowest BCUT2D eigenvalue weighted by Gasteiger charge is -2.10. The standard InChI is InChI=1S/C20H13BrF5N3O3S/c1-6(2)17(31)28-19-16(10-11(22)13(24)15(26)14(25)12(10)23)27-20(33-19)29-18(32)8-5-7(21)3-4-9(8)30/h3-6,30H,1-2H3,(H,28,31)(H,27,29,32). The van der Waals surface area contributed by atoms with E-state index < -0.39 is 58.1 Å². The first kappa shape index (κ1) is 24.6. The Labute approximate surface area is 195 Å². The molecule has 0 aliphatic heterocycles. The second-order valence-electron chi connectivity index (χ2n) is 6.90. The third-order valence-corrected chi connectivity index (χ3v) is 5.64. The maximum Gasteiger partial charge on any atom is 0.261 e. The fourth-order valence-corrected chi connectivity index (χ4v) is 3.78. The Morgan fingerprint density at radius 2 is 1.58 bits per heavy atom. The van der Waals surface area contributed by atoms with Gasteiger partial charge < -0.3 is 10.4 Å². The molecule has 0 fully saturated rings. The smallest absolute Gasteiger partial charge is 0.261 e. The third-order valence-electron chi connectivity index (χ3n) is 4.26. The molecule has 2 aromatic carbocycles. The summed E-state index contributed by atoms with van der Waals surface area (Å²) in [7, 11) is 0. The lowest BCUT2D eigenvalue weighted by atomic mass is 10.1. The molecule has 174 valence electrons. The van der Waals surface area contributed by atoms with Crippen LogP contribution in [0.5, 0.6) is 5.75 Å². The second kappa shape index (κ2) is 9.43. The summed E-state index contributed by atoms with van der Waals surface area (Å²) in [5, 5.41) is 13.8. The van der Waals surface area contributed by atoms with Crippen molar-refractivity contribution in [2.24, 2.45) is 5.92 Å². The number of thiazole rings is 1. The average Bonchev–Trinajstić information content (AvgIpc) is 3.13. The highest BCUT2D eigenvalue weighted by Gasteiger charge is 2.31. The van der Waals surface area contributed by atoms with Crippen molar-refractivity contribution in [2.45, 2.75) is 13.8 Å². The predicted octanol–water partition coefficient (Wildman–Crippen LogP) is 5.82. The number of carbonyl (C=O) groups excluding carboxylic acids is 2.